The number of methoxy groups -OCH3 is 1. The highest BCUT2D eigenvalue weighted by atomic mass is 19.1. The van der Waals surface area contributed by atoms with E-state index in [9.17, 15) is 14.3 Å². The van der Waals surface area contributed by atoms with E-state index < -0.39 is 17.3 Å². The molecule has 0 amide bonds. The Morgan fingerprint density at radius 2 is 1.92 bits per heavy atom. The molecule has 0 spiro atoms. The van der Waals surface area contributed by atoms with Gasteiger partial charge in [-0.15, -0.1) is 0 Å². The quantitative estimate of drug-likeness (QED) is 0.165. The number of azide groups is 1. The van der Waals surface area contributed by atoms with E-state index in [1.54, 1.807) is 32.0 Å². The Bertz CT molecular complexity index is 1350. The summed E-state index contributed by atoms with van der Waals surface area (Å²) < 4.78 is 26.2. The van der Waals surface area contributed by atoms with E-state index >= 15 is 0 Å². The molecule has 192 valence electrons. The highest BCUT2D eigenvalue weighted by molar-refractivity contribution is 5.71. The summed E-state index contributed by atoms with van der Waals surface area (Å²) in [6, 6.07) is 17.6. The Kier molecular flexibility index (Phi) is 7.69. The first-order chi connectivity index (χ1) is 17.7. The molecule has 8 heteroatoms. The topological polar surface area (TPSA) is 105 Å². The van der Waals surface area contributed by atoms with Crippen molar-refractivity contribution in [3.8, 4) is 22.6 Å². The lowest BCUT2D eigenvalue weighted by Gasteiger charge is -2.24. The lowest BCUT2D eigenvalue weighted by molar-refractivity contribution is -0.137. The van der Waals surface area contributed by atoms with Crippen molar-refractivity contribution in [1.82, 2.24) is 0 Å². The Balaban J connectivity index is 1.63. The van der Waals surface area contributed by atoms with Crippen molar-refractivity contribution >= 4 is 5.97 Å². The van der Waals surface area contributed by atoms with Crippen LogP contribution in [-0.2, 0) is 16.9 Å². The number of carbonyl (C=O) groups is 1. The molecule has 0 aliphatic heterocycles. The summed E-state index contributed by atoms with van der Waals surface area (Å²) in [5, 5.41) is 13.3. The van der Waals surface area contributed by atoms with E-state index in [1.165, 1.54) is 13.2 Å². The number of ether oxygens (including phenoxy) is 2. The predicted molar refractivity (Wildman–Crippen MR) is 139 cm³/mol. The fourth-order valence-electron chi connectivity index (χ4n) is 4.67. The number of carboxylic acids is 1. The summed E-state index contributed by atoms with van der Waals surface area (Å²) in [4.78, 5) is 14.4. The van der Waals surface area contributed by atoms with Gasteiger partial charge in [0, 0.05) is 10.5 Å². The van der Waals surface area contributed by atoms with Crippen LogP contribution in [0.1, 0.15) is 55.7 Å². The molecule has 37 heavy (non-hydrogen) atoms. The Labute approximate surface area is 215 Å². The lowest BCUT2D eigenvalue weighted by atomic mass is 9.86. The van der Waals surface area contributed by atoms with Gasteiger partial charge in [0.25, 0.3) is 0 Å². The van der Waals surface area contributed by atoms with E-state index in [0.29, 0.717) is 34.1 Å². The second kappa shape index (κ2) is 10.9. The summed E-state index contributed by atoms with van der Waals surface area (Å²) in [6.07, 6.45) is 2.20. The van der Waals surface area contributed by atoms with Crippen LogP contribution in [0.2, 0.25) is 0 Å². The average Bonchev–Trinajstić information content (AvgIpc) is 3.72. The van der Waals surface area contributed by atoms with Crippen molar-refractivity contribution in [2.45, 2.75) is 51.2 Å². The third-order valence-electron chi connectivity index (χ3n) is 6.78. The van der Waals surface area contributed by atoms with Crippen LogP contribution in [0.25, 0.3) is 21.6 Å². The maximum atomic E-state index is 14.8. The highest BCUT2D eigenvalue weighted by Gasteiger charge is 2.34. The van der Waals surface area contributed by atoms with Gasteiger partial charge in [0.15, 0.2) is 0 Å². The van der Waals surface area contributed by atoms with Crippen LogP contribution < -0.4 is 9.47 Å². The summed E-state index contributed by atoms with van der Waals surface area (Å²) >= 11 is 0. The summed E-state index contributed by atoms with van der Waals surface area (Å²) in [7, 11) is 1.52. The molecule has 3 aromatic rings. The average molecular weight is 504 g/mol. The molecule has 7 nitrogen and oxygen atoms in total. The molecule has 1 fully saturated rings. The SMILES string of the molecule is COc1ccc(F)c(-c2ccc(COc3cccc([C@@H](CC(=O)O)C4CC4)c3)cc2C(C)(C)N=[N+]=[N-])c1. The molecule has 1 aliphatic rings. The minimum absolute atomic E-state index is 0.0191. The third-order valence-corrected chi connectivity index (χ3v) is 6.78. The van der Waals surface area contributed by atoms with E-state index in [-0.39, 0.29) is 18.9 Å². The van der Waals surface area contributed by atoms with Gasteiger partial charge in [0.2, 0.25) is 0 Å². The minimum atomic E-state index is -0.955. The molecule has 1 saturated carbocycles. The first kappa shape index (κ1) is 26.0. The highest BCUT2D eigenvalue weighted by Crippen LogP contribution is 2.45. The van der Waals surface area contributed by atoms with Gasteiger partial charge in [-0.1, -0.05) is 49.3 Å². The molecule has 0 radical (unpaired) electrons. The molecule has 0 unspecified atom stereocenters. The third kappa shape index (κ3) is 6.22. The molecule has 0 aromatic heterocycles. The van der Waals surface area contributed by atoms with Gasteiger partial charge >= 0.3 is 5.97 Å². The monoisotopic (exact) mass is 503 g/mol. The van der Waals surface area contributed by atoms with Crippen LogP contribution >= 0.6 is 0 Å². The van der Waals surface area contributed by atoms with Crippen LogP contribution in [0.5, 0.6) is 11.5 Å². The predicted octanol–water partition coefficient (Wildman–Crippen LogP) is 7.59. The number of hydrogen-bond acceptors (Lipinski definition) is 4. The standard InChI is InChI=1S/C29H30FN3O4/c1-29(2,32-33-31)26-13-18(7-11-23(26)25-15-21(36-3)10-12-27(25)30)17-37-22-6-4-5-20(14-22)24(16-28(34)35)19-8-9-19/h4-7,10-15,19,24H,8-9,16-17H2,1-3H3,(H,34,35)/t24-/m0/s1. The zero-order chi connectivity index (χ0) is 26.6. The number of carboxylic acid groups (broad SMARTS) is 1. The molecule has 1 aliphatic carbocycles. The number of rotatable bonds is 11. The summed E-state index contributed by atoms with van der Waals surface area (Å²) in [6.45, 7) is 3.78. The smallest absolute Gasteiger partial charge is 0.303 e. The normalized spacial score (nSPS) is 13.9. The van der Waals surface area contributed by atoms with Gasteiger partial charge in [-0.2, -0.15) is 0 Å². The molecule has 1 atom stereocenters. The fourth-order valence-corrected chi connectivity index (χ4v) is 4.67. The molecule has 0 heterocycles. The maximum absolute atomic E-state index is 14.8. The van der Waals surface area contributed by atoms with Crippen molar-refractivity contribution in [2.24, 2.45) is 11.0 Å². The molecular formula is C29H30FN3O4. The van der Waals surface area contributed by atoms with Gasteiger partial charge in [-0.05, 0) is 82.8 Å². The number of benzene rings is 3. The van der Waals surface area contributed by atoms with Crippen LogP contribution in [-0.4, -0.2) is 18.2 Å². The van der Waals surface area contributed by atoms with Gasteiger partial charge < -0.3 is 14.6 Å². The number of halogens is 1. The zero-order valence-electron chi connectivity index (χ0n) is 21.1. The van der Waals surface area contributed by atoms with E-state index in [1.807, 2.05) is 36.4 Å². The van der Waals surface area contributed by atoms with Gasteiger partial charge in [-0.25, -0.2) is 4.39 Å². The molecular weight excluding hydrogens is 473 g/mol. The number of aliphatic carboxylic acids is 1. The number of nitrogens with zero attached hydrogens (tertiary/aromatic N) is 3. The Morgan fingerprint density at radius 1 is 1.14 bits per heavy atom. The fraction of sp³-hybridized carbons (Fsp3) is 0.345. The first-order valence-electron chi connectivity index (χ1n) is 12.2. The van der Waals surface area contributed by atoms with E-state index in [0.717, 1.165) is 24.0 Å². The molecule has 4 rings (SSSR count). The van der Waals surface area contributed by atoms with Gasteiger partial charge in [-0.3, -0.25) is 4.79 Å². The maximum Gasteiger partial charge on any atom is 0.303 e. The molecule has 1 N–H and O–H groups in total. The van der Waals surface area contributed by atoms with Crippen LogP contribution in [0, 0.1) is 11.7 Å². The Hall–Kier alpha value is -4.03. The minimum Gasteiger partial charge on any atom is -0.497 e. The van der Waals surface area contributed by atoms with E-state index in [2.05, 4.69) is 10.0 Å². The van der Waals surface area contributed by atoms with Crippen molar-refractivity contribution in [1.29, 1.82) is 0 Å². The second-order valence-electron chi connectivity index (χ2n) is 9.88. The summed E-state index contributed by atoms with van der Waals surface area (Å²) in [5.41, 5.74) is 11.6. The molecule has 3 aromatic carbocycles. The van der Waals surface area contributed by atoms with E-state index in [4.69, 9.17) is 15.0 Å². The van der Waals surface area contributed by atoms with Crippen molar-refractivity contribution in [2.75, 3.05) is 7.11 Å². The van der Waals surface area contributed by atoms with Crippen LogP contribution in [0.3, 0.4) is 0 Å². The molecule has 0 bridgehead atoms. The number of hydrogen-bond donors (Lipinski definition) is 1. The summed E-state index contributed by atoms with van der Waals surface area (Å²) in [5.74, 6) is 0.337. The zero-order valence-corrected chi connectivity index (χ0v) is 21.1. The largest absolute Gasteiger partial charge is 0.497 e. The van der Waals surface area contributed by atoms with Crippen molar-refractivity contribution in [3.05, 3.63) is 93.6 Å². The first-order valence-corrected chi connectivity index (χ1v) is 12.2. The second-order valence-corrected chi connectivity index (χ2v) is 9.88. The molecule has 0 saturated heterocycles. The Morgan fingerprint density at radius 3 is 2.59 bits per heavy atom. The van der Waals surface area contributed by atoms with Crippen molar-refractivity contribution < 1.29 is 23.8 Å². The van der Waals surface area contributed by atoms with Crippen LogP contribution in [0.4, 0.5) is 4.39 Å². The van der Waals surface area contributed by atoms with Crippen LogP contribution in [0.15, 0.2) is 65.8 Å². The lowest BCUT2D eigenvalue weighted by Crippen LogP contribution is -2.15. The van der Waals surface area contributed by atoms with Gasteiger partial charge in [0.05, 0.1) is 19.1 Å². The van der Waals surface area contributed by atoms with Crippen molar-refractivity contribution in [3.63, 3.8) is 0 Å². The van der Waals surface area contributed by atoms with Gasteiger partial charge in [0.1, 0.15) is 23.9 Å².